The second kappa shape index (κ2) is 38.2. The van der Waals surface area contributed by atoms with Gasteiger partial charge in [-0.05, 0) is 12.8 Å². The van der Waals surface area contributed by atoms with E-state index in [4.69, 9.17) is 14.8 Å². The number of hydrogen-bond donors (Lipinski definition) is 4. The minimum absolute atomic E-state index is 0.0924. The summed E-state index contributed by atoms with van der Waals surface area (Å²) in [4.78, 5) is 22.7. The van der Waals surface area contributed by atoms with Crippen molar-refractivity contribution < 1.29 is 28.4 Å². The van der Waals surface area contributed by atoms with Crippen molar-refractivity contribution in [2.45, 2.75) is 238 Å². The van der Waals surface area contributed by atoms with Crippen LogP contribution in [0.25, 0.3) is 0 Å². The Morgan fingerprint density at radius 1 is 0.580 bits per heavy atom. The number of aliphatic hydroxyl groups is 1. The van der Waals surface area contributed by atoms with E-state index in [0.29, 0.717) is 12.8 Å². The van der Waals surface area contributed by atoms with Crippen molar-refractivity contribution in [2.75, 3.05) is 19.8 Å². The number of unbranched alkanes of at least 4 members (excludes halogenated alkanes) is 29. The number of carbonyl (C=O) groups is 1. The maximum absolute atomic E-state index is 12.8. The lowest BCUT2D eigenvalue weighted by Gasteiger charge is -2.25. The van der Waals surface area contributed by atoms with Crippen LogP contribution < -0.4 is 11.1 Å². The lowest BCUT2D eigenvalue weighted by atomic mass is 10.0. The molecule has 0 heterocycles. The third-order valence-electron chi connectivity index (χ3n) is 9.96. The number of hydrogen-bond acceptors (Lipinski definition) is 6. The highest BCUT2D eigenvalue weighted by molar-refractivity contribution is 7.47. The van der Waals surface area contributed by atoms with Crippen molar-refractivity contribution in [1.29, 1.82) is 0 Å². The predicted octanol–water partition coefficient (Wildman–Crippen LogP) is 11.8. The first-order chi connectivity index (χ1) is 24.4. The van der Waals surface area contributed by atoms with Gasteiger partial charge in [0.25, 0.3) is 0 Å². The van der Waals surface area contributed by atoms with Gasteiger partial charge < -0.3 is 21.1 Å². The third-order valence-corrected chi connectivity index (χ3v) is 10.9. The molecule has 0 aliphatic carbocycles. The molecular formula is C41H85N2O6P. The molecule has 0 aliphatic heterocycles. The van der Waals surface area contributed by atoms with Crippen LogP contribution in [0.15, 0.2) is 0 Å². The van der Waals surface area contributed by atoms with E-state index in [1.807, 2.05) is 0 Å². The topological polar surface area (TPSA) is 131 Å². The zero-order valence-electron chi connectivity index (χ0n) is 33.2. The van der Waals surface area contributed by atoms with E-state index in [1.165, 1.54) is 161 Å². The van der Waals surface area contributed by atoms with E-state index in [2.05, 4.69) is 19.2 Å². The van der Waals surface area contributed by atoms with Gasteiger partial charge in [0.15, 0.2) is 0 Å². The number of amides is 1. The second-order valence-electron chi connectivity index (χ2n) is 14.9. The first-order valence-electron chi connectivity index (χ1n) is 21.7. The SMILES string of the molecule is CCCCCCCCCCCCCCCCCCCCCC(=O)NC(COP(=O)(O)OCCN)C(O)CCCCCCCCCCCCCC. The first kappa shape index (κ1) is 49.5. The number of nitrogens with two attached hydrogens (primary N) is 1. The number of phosphoric ester groups is 1. The lowest BCUT2D eigenvalue weighted by Crippen LogP contribution is -2.46. The molecule has 3 unspecified atom stereocenters. The van der Waals surface area contributed by atoms with E-state index in [-0.39, 0.29) is 25.7 Å². The van der Waals surface area contributed by atoms with Crippen LogP contribution in [0.4, 0.5) is 0 Å². The fourth-order valence-corrected chi connectivity index (χ4v) is 7.43. The van der Waals surface area contributed by atoms with Crippen molar-refractivity contribution in [3.8, 4) is 0 Å². The van der Waals surface area contributed by atoms with Gasteiger partial charge in [0.2, 0.25) is 5.91 Å². The Hall–Kier alpha value is -0.500. The molecule has 9 heteroatoms. The van der Waals surface area contributed by atoms with Crippen LogP contribution in [0.2, 0.25) is 0 Å². The molecule has 0 saturated heterocycles. The van der Waals surface area contributed by atoms with Crippen molar-refractivity contribution >= 4 is 13.7 Å². The smallest absolute Gasteiger partial charge is 0.391 e. The van der Waals surface area contributed by atoms with Gasteiger partial charge in [-0.1, -0.05) is 206 Å². The summed E-state index contributed by atoms with van der Waals surface area (Å²) in [7, 11) is -4.30. The number of rotatable bonds is 41. The summed E-state index contributed by atoms with van der Waals surface area (Å²) in [6, 6.07) is -0.766. The van der Waals surface area contributed by atoms with Crippen LogP contribution in [0.3, 0.4) is 0 Å². The lowest BCUT2D eigenvalue weighted by molar-refractivity contribution is -0.123. The maximum Gasteiger partial charge on any atom is 0.472 e. The summed E-state index contributed by atoms with van der Waals surface area (Å²) in [5.41, 5.74) is 5.37. The van der Waals surface area contributed by atoms with Gasteiger partial charge in [0, 0.05) is 13.0 Å². The molecule has 1 amide bonds. The molecule has 0 bridgehead atoms. The van der Waals surface area contributed by atoms with Crippen LogP contribution in [0.1, 0.15) is 226 Å². The minimum atomic E-state index is -4.30. The molecule has 0 aliphatic rings. The quantitative estimate of drug-likeness (QED) is 0.0363. The second-order valence-corrected chi connectivity index (χ2v) is 16.4. The van der Waals surface area contributed by atoms with Crippen molar-refractivity contribution in [3.05, 3.63) is 0 Å². The molecule has 50 heavy (non-hydrogen) atoms. The zero-order chi connectivity index (χ0) is 36.8. The van der Waals surface area contributed by atoms with Crippen molar-refractivity contribution in [3.63, 3.8) is 0 Å². The summed E-state index contributed by atoms with van der Waals surface area (Å²) in [5.74, 6) is -0.157. The third kappa shape index (κ3) is 35.9. The fraction of sp³-hybridized carbons (Fsp3) is 0.976. The molecule has 0 saturated carbocycles. The Kier molecular flexibility index (Phi) is 37.8. The zero-order valence-corrected chi connectivity index (χ0v) is 34.1. The van der Waals surface area contributed by atoms with Gasteiger partial charge in [-0.25, -0.2) is 4.57 Å². The average Bonchev–Trinajstić information content (AvgIpc) is 3.10. The summed E-state index contributed by atoms with van der Waals surface area (Å²) in [5, 5.41) is 13.8. The fourth-order valence-electron chi connectivity index (χ4n) is 6.67. The van der Waals surface area contributed by atoms with Crippen LogP contribution in [0, 0.1) is 0 Å². The van der Waals surface area contributed by atoms with E-state index >= 15 is 0 Å². The molecule has 8 nitrogen and oxygen atoms in total. The Bertz CT molecular complexity index is 759. The molecule has 0 aromatic carbocycles. The van der Waals surface area contributed by atoms with Crippen molar-refractivity contribution in [2.24, 2.45) is 5.73 Å². The van der Waals surface area contributed by atoms with Gasteiger partial charge >= 0.3 is 7.82 Å². The van der Waals surface area contributed by atoms with Gasteiger partial charge in [-0.3, -0.25) is 13.8 Å². The Morgan fingerprint density at radius 3 is 1.28 bits per heavy atom. The summed E-state index contributed by atoms with van der Waals surface area (Å²) in [6.07, 6.45) is 39.7. The molecule has 0 rings (SSSR count). The normalized spacial score (nSPS) is 14.1. The van der Waals surface area contributed by atoms with Gasteiger partial charge in [0.1, 0.15) is 0 Å². The molecule has 0 aromatic rings. The summed E-state index contributed by atoms with van der Waals surface area (Å²) >= 11 is 0. The molecule has 0 spiro atoms. The summed E-state index contributed by atoms with van der Waals surface area (Å²) in [6.45, 7) is 4.23. The number of carbonyl (C=O) groups excluding carboxylic acids is 1. The van der Waals surface area contributed by atoms with E-state index < -0.39 is 20.0 Å². The monoisotopic (exact) mass is 733 g/mol. The van der Waals surface area contributed by atoms with Crippen molar-refractivity contribution in [1.82, 2.24) is 5.32 Å². The van der Waals surface area contributed by atoms with Crippen LogP contribution in [0.5, 0.6) is 0 Å². The predicted molar refractivity (Wildman–Crippen MR) is 212 cm³/mol. The molecule has 0 aromatic heterocycles. The van der Waals surface area contributed by atoms with Gasteiger partial charge in [-0.15, -0.1) is 0 Å². The number of aliphatic hydroxyl groups excluding tert-OH is 1. The van der Waals surface area contributed by atoms with Crippen LogP contribution >= 0.6 is 7.82 Å². The Balaban J connectivity index is 4.07. The first-order valence-corrected chi connectivity index (χ1v) is 23.1. The highest BCUT2D eigenvalue weighted by atomic mass is 31.2. The Labute approximate surface area is 310 Å². The molecule has 300 valence electrons. The van der Waals surface area contributed by atoms with Gasteiger partial charge in [-0.2, -0.15) is 0 Å². The highest BCUT2D eigenvalue weighted by Crippen LogP contribution is 2.43. The molecule has 0 radical (unpaired) electrons. The molecule has 5 N–H and O–H groups in total. The molecular weight excluding hydrogens is 647 g/mol. The molecule has 3 atom stereocenters. The average molecular weight is 733 g/mol. The Morgan fingerprint density at radius 2 is 0.920 bits per heavy atom. The summed E-state index contributed by atoms with van der Waals surface area (Å²) < 4.78 is 22.1. The largest absolute Gasteiger partial charge is 0.472 e. The van der Waals surface area contributed by atoms with E-state index in [0.717, 1.165) is 38.5 Å². The van der Waals surface area contributed by atoms with Crippen LogP contribution in [-0.2, 0) is 18.4 Å². The minimum Gasteiger partial charge on any atom is -0.391 e. The van der Waals surface area contributed by atoms with E-state index in [9.17, 15) is 19.4 Å². The number of phosphoric acid groups is 1. The van der Waals surface area contributed by atoms with Gasteiger partial charge in [0.05, 0.1) is 25.4 Å². The maximum atomic E-state index is 12.8. The van der Waals surface area contributed by atoms with Crippen LogP contribution in [-0.4, -0.2) is 47.8 Å². The number of nitrogens with one attached hydrogen (secondary N) is 1. The highest BCUT2D eigenvalue weighted by Gasteiger charge is 2.27. The standard InChI is InChI=1S/C41H85N2O6P/c1-3-5-7-9-11-13-15-17-18-19-20-21-22-23-25-27-29-31-33-35-41(45)43-39(38-49-50(46,47)48-37-36-42)40(44)34-32-30-28-26-24-16-14-12-10-8-6-4-2/h39-40,44H,3-38,42H2,1-2H3,(H,43,45)(H,46,47). The molecule has 0 fully saturated rings. The van der Waals surface area contributed by atoms with E-state index in [1.54, 1.807) is 0 Å².